The minimum atomic E-state index is -0.531. The maximum atomic E-state index is 10.9. The zero-order valence-electron chi connectivity index (χ0n) is 10.7. The average Bonchev–Trinajstić information content (AvgIpc) is 2.62. The summed E-state index contributed by atoms with van der Waals surface area (Å²) >= 11 is 0. The van der Waals surface area contributed by atoms with E-state index < -0.39 is 5.60 Å². The van der Waals surface area contributed by atoms with Gasteiger partial charge in [0.15, 0.2) is 0 Å². The smallest absolute Gasteiger partial charge is 0.0853 e. The van der Waals surface area contributed by atoms with Crippen LogP contribution >= 0.6 is 0 Å². The normalized spacial score (nSPS) is 46.1. The van der Waals surface area contributed by atoms with Crippen LogP contribution in [0.5, 0.6) is 0 Å². The molecule has 0 spiro atoms. The minimum absolute atomic E-state index is 0.00965. The van der Waals surface area contributed by atoms with E-state index in [0.29, 0.717) is 6.54 Å². The highest BCUT2D eigenvalue weighted by molar-refractivity contribution is 5.06. The molecule has 0 aromatic carbocycles. The zero-order valence-corrected chi connectivity index (χ0v) is 10.7. The fourth-order valence-corrected chi connectivity index (χ4v) is 3.59. The first kappa shape index (κ1) is 12.3. The molecule has 0 bridgehead atoms. The van der Waals surface area contributed by atoms with Crippen LogP contribution in [-0.4, -0.2) is 42.3 Å². The van der Waals surface area contributed by atoms with Gasteiger partial charge in [-0.2, -0.15) is 0 Å². The lowest BCUT2D eigenvalue weighted by Gasteiger charge is -2.48. The molecule has 2 rings (SSSR count). The highest BCUT2D eigenvalue weighted by atomic mass is 16.3. The van der Waals surface area contributed by atoms with Crippen molar-refractivity contribution in [2.45, 2.75) is 44.6 Å². The Bertz CT molecular complexity index is 248. The Kier molecular flexibility index (Phi) is 3.30. The third-order valence-electron chi connectivity index (χ3n) is 5.05. The molecule has 1 saturated carbocycles. The number of rotatable bonds is 2. The van der Waals surface area contributed by atoms with Crippen LogP contribution < -0.4 is 5.73 Å². The average molecular weight is 226 g/mol. The number of β-amino-alcohol motifs (C(OH)–C–C–N with tert-alkyl or cyclic N) is 1. The van der Waals surface area contributed by atoms with Gasteiger partial charge in [-0.25, -0.2) is 0 Å². The molecule has 94 valence electrons. The van der Waals surface area contributed by atoms with Crippen molar-refractivity contribution in [2.75, 3.05) is 26.7 Å². The van der Waals surface area contributed by atoms with Gasteiger partial charge in [0.1, 0.15) is 0 Å². The van der Waals surface area contributed by atoms with Crippen LogP contribution in [0.15, 0.2) is 0 Å². The predicted octanol–water partition coefficient (Wildman–Crippen LogP) is 1.21. The highest BCUT2D eigenvalue weighted by Crippen LogP contribution is 2.49. The van der Waals surface area contributed by atoms with E-state index in [1.165, 1.54) is 12.8 Å². The fourth-order valence-electron chi connectivity index (χ4n) is 3.59. The van der Waals surface area contributed by atoms with E-state index in [1.807, 2.05) is 0 Å². The molecule has 0 radical (unpaired) electrons. The van der Waals surface area contributed by atoms with E-state index in [1.54, 1.807) is 0 Å². The third kappa shape index (κ3) is 1.89. The maximum absolute atomic E-state index is 10.9. The van der Waals surface area contributed by atoms with E-state index in [2.05, 4.69) is 18.9 Å². The molecule has 16 heavy (non-hydrogen) atoms. The fraction of sp³-hybridized carbons (Fsp3) is 1.00. The molecule has 1 aliphatic carbocycles. The molecular weight excluding hydrogens is 200 g/mol. The number of hydrogen-bond acceptors (Lipinski definition) is 3. The summed E-state index contributed by atoms with van der Waals surface area (Å²) in [6.07, 6.45) is 5.56. The van der Waals surface area contributed by atoms with Crippen molar-refractivity contribution in [3.63, 3.8) is 0 Å². The second-order valence-corrected chi connectivity index (χ2v) is 6.19. The van der Waals surface area contributed by atoms with Crippen LogP contribution in [0.2, 0.25) is 0 Å². The summed E-state index contributed by atoms with van der Waals surface area (Å²) in [6.45, 7) is 4.77. The second-order valence-electron chi connectivity index (χ2n) is 6.19. The van der Waals surface area contributed by atoms with Crippen molar-refractivity contribution < 1.29 is 5.11 Å². The van der Waals surface area contributed by atoms with Crippen LogP contribution in [0.3, 0.4) is 0 Å². The van der Waals surface area contributed by atoms with Gasteiger partial charge < -0.3 is 15.7 Å². The first-order valence-corrected chi connectivity index (χ1v) is 6.62. The Balaban J connectivity index is 2.15. The summed E-state index contributed by atoms with van der Waals surface area (Å²) in [6, 6.07) is 0. The van der Waals surface area contributed by atoms with E-state index in [9.17, 15) is 5.11 Å². The molecule has 3 heteroatoms. The van der Waals surface area contributed by atoms with E-state index in [-0.39, 0.29) is 5.41 Å². The Labute approximate surface area is 99.0 Å². The van der Waals surface area contributed by atoms with Gasteiger partial charge in [-0.1, -0.05) is 19.8 Å². The van der Waals surface area contributed by atoms with Crippen LogP contribution in [0.1, 0.15) is 39.0 Å². The molecule has 3 N–H and O–H groups in total. The number of likely N-dealkylation sites (tertiary alicyclic amines) is 1. The maximum Gasteiger partial charge on any atom is 0.0853 e. The van der Waals surface area contributed by atoms with E-state index in [0.717, 1.165) is 38.3 Å². The molecule has 1 saturated heterocycles. The van der Waals surface area contributed by atoms with Crippen molar-refractivity contribution in [3.8, 4) is 0 Å². The summed E-state index contributed by atoms with van der Waals surface area (Å²) in [5.41, 5.74) is 5.47. The number of nitrogens with zero attached hydrogens (tertiary/aromatic N) is 1. The SMILES string of the molecule is CC1CCC(CN)(C2(O)CCN(C)C2)CC1. The summed E-state index contributed by atoms with van der Waals surface area (Å²) in [5, 5.41) is 10.9. The number of hydrogen-bond donors (Lipinski definition) is 2. The monoisotopic (exact) mass is 226 g/mol. The lowest BCUT2D eigenvalue weighted by atomic mass is 9.61. The molecule has 2 aliphatic rings. The molecule has 1 aliphatic heterocycles. The first-order chi connectivity index (χ1) is 7.51. The van der Waals surface area contributed by atoms with E-state index in [4.69, 9.17) is 5.73 Å². The molecule has 2 fully saturated rings. The van der Waals surface area contributed by atoms with Crippen LogP contribution in [0.25, 0.3) is 0 Å². The minimum Gasteiger partial charge on any atom is -0.388 e. The Morgan fingerprint density at radius 2 is 1.94 bits per heavy atom. The Hall–Kier alpha value is -0.120. The van der Waals surface area contributed by atoms with Gasteiger partial charge in [-0.15, -0.1) is 0 Å². The van der Waals surface area contributed by atoms with Gasteiger partial charge in [0.05, 0.1) is 5.60 Å². The summed E-state index contributed by atoms with van der Waals surface area (Å²) in [4.78, 5) is 2.23. The standard InChI is InChI=1S/C13H26N2O/c1-11-3-5-12(9-14,6-4-11)13(16)7-8-15(2)10-13/h11,16H,3-10,14H2,1-2H3. The number of nitrogens with two attached hydrogens (primary N) is 1. The highest BCUT2D eigenvalue weighted by Gasteiger charge is 2.52. The number of aliphatic hydroxyl groups is 1. The summed E-state index contributed by atoms with van der Waals surface area (Å²) in [7, 11) is 2.09. The molecule has 3 nitrogen and oxygen atoms in total. The lowest BCUT2D eigenvalue weighted by Crippen LogP contribution is -2.55. The second kappa shape index (κ2) is 4.28. The topological polar surface area (TPSA) is 49.5 Å². The van der Waals surface area contributed by atoms with Crippen LogP contribution in [-0.2, 0) is 0 Å². The third-order valence-corrected chi connectivity index (χ3v) is 5.05. The van der Waals surface area contributed by atoms with Crippen molar-refractivity contribution in [1.82, 2.24) is 4.90 Å². The summed E-state index contributed by atoms with van der Waals surface area (Å²) in [5.74, 6) is 0.808. The van der Waals surface area contributed by atoms with Crippen molar-refractivity contribution in [1.29, 1.82) is 0 Å². The predicted molar refractivity (Wildman–Crippen MR) is 66.2 cm³/mol. The Morgan fingerprint density at radius 3 is 2.38 bits per heavy atom. The largest absolute Gasteiger partial charge is 0.388 e. The molecule has 1 atom stereocenters. The van der Waals surface area contributed by atoms with Gasteiger partial charge in [0.2, 0.25) is 0 Å². The van der Waals surface area contributed by atoms with Gasteiger partial charge in [0, 0.05) is 25.0 Å². The molecule has 0 aromatic heterocycles. The quantitative estimate of drug-likeness (QED) is 0.744. The number of likely N-dealkylation sites (N-methyl/N-ethyl adjacent to an activating group) is 1. The van der Waals surface area contributed by atoms with Crippen LogP contribution in [0.4, 0.5) is 0 Å². The summed E-state index contributed by atoms with van der Waals surface area (Å²) < 4.78 is 0. The van der Waals surface area contributed by atoms with Crippen molar-refractivity contribution in [3.05, 3.63) is 0 Å². The van der Waals surface area contributed by atoms with E-state index >= 15 is 0 Å². The van der Waals surface area contributed by atoms with Crippen molar-refractivity contribution in [2.24, 2.45) is 17.1 Å². The molecule has 0 aromatic rings. The molecule has 1 unspecified atom stereocenters. The molecule has 0 amide bonds. The van der Waals surface area contributed by atoms with Gasteiger partial charge >= 0.3 is 0 Å². The molecule has 1 heterocycles. The van der Waals surface area contributed by atoms with Crippen molar-refractivity contribution >= 4 is 0 Å². The first-order valence-electron chi connectivity index (χ1n) is 6.62. The van der Waals surface area contributed by atoms with Crippen LogP contribution in [0, 0.1) is 11.3 Å². The Morgan fingerprint density at radius 1 is 1.31 bits per heavy atom. The van der Waals surface area contributed by atoms with Gasteiger partial charge in [0.25, 0.3) is 0 Å². The van der Waals surface area contributed by atoms with Gasteiger partial charge in [-0.05, 0) is 32.2 Å². The lowest BCUT2D eigenvalue weighted by molar-refractivity contribution is -0.0942. The zero-order chi connectivity index (χ0) is 11.8. The molecular formula is C13H26N2O. The van der Waals surface area contributed by atoms with Gasteiger partial charge in [-0.3, -0.25) is 0 Å².